The van der Waals surface area contributed by atoms with Gasteiger partial charge >= 0.3 is 0 Å². The molecule has 18 heavy (non-hydrogen) atoms. The smallest absolute Gasteiger partial charge is 0.129 e. The lowest BCUT2D eigenvalue weighted by Crippen LogP contribution is -2.41. The van der Waals surface area contributed by atoms with Gasteiger partial charge in [0.15, 0.2) is 0 Å². The van der Waals surface area contributed by atoms with Gasteiger partial charge in [0, 0.05) is 18.3 Å². The van der Waals surface area contributed by atoms with Crippen molar-refractivity contribution in [2.75, 3.05) is 11.9 Å². The minimum absolute atomic E-state index is 0.0648. The fourth-order valence-corrected chi connectivity index (χ4v) is 1.70. The average molecular weight is 250 g/mol. The first-order valence-corrected chi connectivity index (χ1v) is 6.67. The van der Waals surface area contributed by atoms with E-state index in [1.165, 1.54) is 0 Å². The highest BCUT2D eigenvalue weighted by molar-refractivity contribution is 5.44. The Labute approximate surface area is 111 Å². The second-order valence-electron chi connectivity index (χ2n) is 5.80. The van der Waals surface area contributed by atoms with Gasteiger partial charge in [0.1, 0.15) is 5.82 Å². The van der Waals surface area contributed by atoms with Crippen LogP contribution in [0.25, 0.3) is 0 Å². The second kappa shape index (κ2) is 5.70. The first-order valence-electron chi connectivity index (χ1n) is 6.67. The molecule has 0 aromatic carbocycles. The van der Waals surface area contributed by atoms with Crippen LogP contribution in [0, 0.1) is 0 Å². The van der Waals surface area contributed by atoms with E-state index in [1.54, 1.807) is 0 Å². The van der Waals surface area contributed by atoms with E-state index in [-0.39, 0.29) is 12.1 Å². The molecule has 1 aromatic heterocycles. The largest absolute Gasteiger partial charge is 0.392 e. The molecule has 0 unspecified atom stereocenters. The molecule has 0 amide bonds. The minimum Gasteiger partial charge on any atom is -0.392 e. The fraction of sp³-hybridized carbons (Fsp3) is 0.667. The second-order valence-corrected chi connectivity index (χ2v) is 5.80. The molecular formula is C15H26N2O. The Bertz CT molecular complexity index is 399. The summed E-state index contributed by atoms with van der Waals surface area (Å²) in [5.41, 5.74) is 2.03. The lowest BCUT2D eigenvalue weighted by Gasteiger charge is -2.36. The summed E-state index contributed by atoms with van der Waals surface area (Å²) in [6.45, 7) is 10.9. The van der Waals surface area contributed by atoms with Crippen LogP contribution in [0.2, 0.25) is 0 Å². The molecule has 0 aliphatic carbocycles. The summed E-state index contributed by atoms with van der Waals surface area (Å²) >= 11 is 0. The van der Waals surface area contributed by atoms with Crippen molar-refractivity contribution < 1.29 is 5.11 Å². The highest BCUT2D eigenvalue weighted by Crippen LogP contribution is 2.26. The van der Waals surface area contributed by atoms with E-state index in [0.717, 1.165) is 23.5 Å². The Kier molecular flexibility index (Phi) is 4.74. The third-order valence-corrected chi connectivity index (χ3v) is 3.78. The molecule has 0 saturated heterocycles. The summed E-state index contributed by atoms with van der Waals surface area (Å²) in [5, 5.41) is 9.36. The van der Waals surface area contributed by atoms with Crippen molar-refractivity contribution in [3.8, 4) is 0 Å². The van der Waals surface area contributed by atoms with E-state index < -0.39 is 0 Å². The van der Waals surface area contributed by atoms with E-state index in [9.17, 15) is 5.11 Å². The SMILES string of the molecule is CCC(C)(C)N(C)c1cc(CO)cc(C(C)C)n1. The van der Waals surface area contributed by atoms with Crippen molar-refractivity contribution in [3.05, 3.63) is 23.4 Å². The predicted octanol–water partition coefficient (Wildman–Crippen LogP) is 3.32. The van der Waals surface area contributed by atoms with Crippen molar-refractivity contribution in [2.24, 2.45) is 0 Å². The van der Waals surface area contributed by atoms with Crippen LogP contribution in [0.15, 0.2) is 12.1 Å². The van der Waals surface area contributed by atoms with Gasteiger partial charge in [-0.1, -0.05) is 20.8 Å². The van der Waals surface area contributed by atoms with Crippen LogP contribution in [0.3, 0.4) is 0 Å². The highest BCUT2D eigenvalue weighted by atomic mass is 16.3. The van der Waals surface area contributed by atoms with E-state index in [4.69, 9.17) is 4.98 Å². The summed E-state index contributed by atoms with van der Waals surface area (Å²) in [5.74, 6) is 1.31. The van der Waals surface area contributed by atoms with Crippen LogP contribution in [0.5, 0.6) is 0 Å². The highest BCUT2D eigenvalue weighted by Gasteiger charge is 2.23. The molecule has 102 valence electrons. The third-order valence-electron chi connectivity index (χ3n) is 3.78. The van der Waals surface area contributed by atoms with Crippen molar-refractivity contribution in [3.63, 3.8) is 0 Å². The van der Waals surface area contributed by atoms with Crippen molar-refractivity contribution in [2.45, 2.75) is 59.1 Å². The van der Waals surface area contributed by atoms with Gasteiger partial charge in [0.05, 0.1) is 6.61 Å². The van der Waals surface area contributed by atoms with Gasteiger partial charge in [-0.05, 0) is 43.9 Å². The molecule has 0 atom stereocenters. The molecule has 0 saturated carbocycles. The monoisotopic (exact) mass is 250 g/mol. The van der Waals surface area contributed by atoms with Crippen LogP contribution >= 0.6 is 0 Å². The van der Waals surface area contributed by atoms with Crippen molar-refractivity contribution >= 4 is 5.82 Å². The quantitative estimate of drug-likeness (QED) is 0.871. The number of pyridine rings is 1. The predicted molar refractivity (Wildman–Crippen MR) is 77.0 cm³/mol. The maximum Gasteiger partial charge on any atom is 0.129 e. The summed E-state index contributed by atoms with van der Waals surface area (Å²) in [6, 6.07) is 3.96. The lowest BCUT2D eigenvalue weighted by atomic mass is 9.99. The van der Waals surface area contributed by atoms with Crippen LogP contribution in [-0.2, 0) is 6.61 Å². The van der Waals surface area contributed by atoms with E-state index >= 15 is 0 Å². The fourth-order valence-electron chi connectivity index (χ4n) is 1.70. The molecule has 0 spiro atoms. The molecule has 0 radical (unpaired) electrons. The van der Waals surface area contributed by atoms with Gasteiger partial charge in [-0.25, -0.2) is 4.98 Å². The number of rotatable bonds is 5. The Morgan fingerprint density at radius 1 is 1.33 bits per heavy atom. The molecule has 3 nitrogen and oxygen atoms in total. The molecule has 0 aliphatic heterocycles. The van der Waals surface area contributed by atoms with Crippen molar-refractivity contribution in [1.29, 1.82) is 0 Å². The normalized spacial score (nSPS) is 12.0. The summed E-state index contributed by atoms with van der Waals surface area (Å²) in [6.07, 6.45) is 1.05. The molecule has 3 heteroatoms. The molecule has 1 heterocycles. The Balaban J connectivity index is 3.19. The topological polar surface area (TPSA) is 36.4 Å². The summed E-state index contributed by atoms with van der Waals surface area (Å²) in [7, 11) is 2.07. The van der Waals surface area contributed by atoms with Crippen molar-refractivity contribution in [1.82, 2.24) is 4.98 Å². The van der Waals surface area contributed by atoms with Gasteiger partial charge in [0.2, 0.25) is 0 Å². The molecule has 0 fully saturated rings. The van der Waals surface area contributed by atoms with Gasteiger partial charge in [-0.2, -0.15) is 0 Å². The number of anilines is 1. The van der Waals surface area contributed by atoms with E-state index in [2.05, 4.69) is 46.6 Å². The van der Waals surface area contributed by atoms with Crippen LogP contribution < -0.4 is 4.90 Å². The van der Waals surface area contributed by atoms with E-state index in [0.29, 0.717) is 5.92 Å². The molecule has 1 rings (SSSR count). The number of aliphatic hydroxyl groups is 1. The molecule has 1 N–H and O–H groups in total. The third kappa shape index (κ3) is 3.22. The number of hydrogen-bond donors (Lipinski definition) is 1. The summed E-state index contributed by atoms with van der Waals surface area (Å²) < 4.78 is 0. The number of nitrogens with zero attached hydrogens (tertiary/aromatic N) is 2. The zero-order chi connectivity index (χ0) is 13.9. The lowest BCUT2D eigenvalue weighted by molar-refractivity contribution is 0.281. The standard InChI is InChI=1S/C15H26N2O/c1-7-15(4,5)17(6)14-9-12(10-18)8-13(16-14)11(2)3/h8-9,11,18H,7,10H2,1-6H3. The first-order chi connectivity index (χ1) is 8.31. The zero-order valence-electron chi connectivity index (χ0n) is 12.5. The van der Waals surface area contributed by atoms with Gasteiger partial charge < -0.3 is 10.0 Å². The summed E-state index contributed by atoms with van der Waals surface area (Å²) in [4.78, 5) is 6.90. The van der Waals surface area contributed by atoms with Gasteiger partial charge in [-0.15, -0.1) is 0 Å². The molecule has 1 aromatic rings. The maximum atomic E-state index is 9.36. The molecule has 0 aliphatic rings. The first kappa shape index (κ1) is 15.0. The Morgan fingerprint density at radius 2 is 1.94 bits per heavy atom. The zero-order valence-corrected chi connectivity index (χ0v) is 12.5. The van der Waals surface area contributed by atoms with Crippen LogP contribution in [-0.4, -0.2) is 22.7 Å². The Hall–Kier alpha value is -1.09. The number of aromatic nitrogens is 1. The molecule has 0 bridgehead atoms. The van der Waals surface area contributed by atoms with Crippen LogP contribution in [0.4, 0.5) is 5.82 Å². The van der Waals surface area contributed by atoms with Gasteiger partial charge in [-0.3, -0.25) is 0 Å². The van der Waals surface area contributed by atoms with E-state index in [1.807, 2.05) is 12.1 Å². The Morgan fingerprint density at radius 3 is 2.39 bits per heavy atom. The minimum atomic E-state index is 0.0648. The number of aliphatic hydroxyl groups excluding tert-OH is 1. The maximum absolute atomic E-state index is 9.36. The average Bonchev–Trinajstić information content (AvgIpc) is 2.36. The molecular weight excluding hydrogens is 224 g/mol. The van der Waals surface area contributed by atoms with Gasteiger partial charge in [0.25, 0.3) is 0 Å². The van der Waals surface area contributed by atoms with Crippen LogP contribution in [0.1, 0.15) is 58.2 Å². The number of hydrogen-bond acceptors (Lipinski definition) is 3.